The molecule has 0 fully saturated rings. The van der Waals surface area contributed by atoms with E-state index in [-0.39, 0.29) is 37.7 Å². The molecule has 0 bridgehead atoms. The number of benzene rings is 1. The van der Waals surface area contributed by atoms with Crippen molar-refractivity contribution >= 4 is 23.8 Å². The van der Waals surface area contributed by atoms with E-state index < -0.39 is 24.0 Å². The molecule has 0 heterocycles. The molecule has 2 N–H and O–H groups in total. The van der Waals surface area contributed by atoms with Crippen LogP contribution in [-0.2, 0) is 30.5 Å². The van der Waals surface area contributed by atoms with E-state index in [1.54, 1.807) is 0 Å². The molecule has 1 unspecified atom stereocenters. The third kappa shape index (κ3) is 9.70. The van der Waals surface area contributed by atoms with Gasteiger partial charge in [0.15, 0.2) is 5.78 Å². The molecule has 2 amide bonds. The van der Waals surface area contributed by atoms with Gasteiger partial charge < -0.3 is 20.1 Å². The normalized spacial score (nSPS) is 11.4. The lowest BCUT2D eigenvalue weighted by Gasteiger charge is -2.20. The lowest BCUT2D eigenvalue weighted by atomic mass is 10.0. The minimum absolute atomic E-state index is 0.0195. The molecule has 1 atom stereocenters. The number of ketones is 1. The number of rotatable bonds is 11. The molecule has 0 aliphatic carbocycles. The first kappa shape index (κ1) is 23.1. The van der Waals surface area contributed by atoms with Gasteiger partial charge in [-0.25, -0.2) is 4.79 Å². The topological polar surface area (TPSA) is 111 Å². The standard InChI is InChI=1S/C20H28N2O6/c1-14(2)11-17(19(25)21-12-16(23)9-10-18(24)27-3)22-20(26)28-13-15-7-5-4-6-8-15/h4-8,14,17H,9-13H2,1-3H3,(H,21,25)(H,22,26). The van der Waals surface area contributed by atoms with Gasteiger partial charge in [0.1, 0.15) is 12.6 Å². The molecule has 154 valence electrons. The zero-order chi connectivity index (χ0) is 20.9. The molecule has 0 aliphatic heterocycles. The number of methoxy groups -OCH3 is 1. The predicted molar refractivity (Wildman–Crippen MR) is 102 cm³/mol. The lowest BCUT2D eigenvalue weighted by molar-refractivity contribution is -0.141. The van der Waals surface area contributed by atoms with Crippen LogP contribution in [0, 0.1) is 5.92 Å². The third-order valence-corrected chi connectivity index (χ3v) is 3.82. The molecule has 0 saturated heterocycles. The van der Waals surface area contributed by atoms with Crippen molar-refractivity contribution < 1.29 is 28.7 Å². The number of ether oxygens (including phenoxy) is 2. The Hall–Kier alpha value is -2.90. The molecule has 8 heteroatoms. The van der Waals surface area contributed by atoms with E-state index in [1.807, 2.05) is 44.2 Å². The summed E-state index contributed by atoms with van der Waals surface area (Å²) in [6.45, 7) is 3.71. The number of carbonyl (C=O) groups excluding carboxylic acids is 4. The van der Waals surface area contributed by atoms with E-state index in [9.17, 15) is 19.2 Å². The van der Waals surface area contributed by atoms with Crippen molar-refractivity contribution in [2.24, 2.45) is 5.92 Å². The van der Waals surface area contributed by atoms with E-state index in [0.717, 1.165) is 5.56 Å². The van der Waals surface area contributed by atoms with Crippen LogP contribution in [0.2, 0.25) is 0 Å². The van der Waals surface area contributed by atoms with Crippen molar-refractivity contribution in [1.82, 2.24) is 10.6 Å². The smallest absolute Gasteiger partial charge is 0.408 e. The fourth-order valence-corrected chi connectivity index (χ4v) is 2.35. The van der Waals surface area contributed by atoms with Crippen LogP contribution in [0.25, 0.3) is 0 Å². The summed E-state index contributed by atoms with van der Waals surface area (Å²) < 4.78 is 9.61. The number of carbonyl (C=O) groups is 4. The summed E-state index contributed by atoms with van der Waals surface area (Å²) in [4.78, 5) is 47.2. The Bertz CT molecular complexity index is 660. The summed E-state index contributed by atoms with van der Waals surface area (Å²) in [6.07, 6.45) is -0.372. The number of hydrogen-bond donors (Lipinski definition) is 2. The first-order valence-electron chi connectivity index (χ1n) is 9.15. The molecule has 28 heavy (non-hydrogen) atoms. The van der Waals surface area contributed by atoms with Crippen LogP contribution < -0.4 is 10.6 Å². The summed E-state index contributed by atoms with van der Waals surface area (Å²) in [6, 6.07) is 8.36. The van der Waals surface area contributed by atoms with Crippen molar-refractivity contribution in [3.8, 4) is 0 Å². The molecule has 1 aromatic rings. The first-order valence-corrected chi connectivity index (χ1v) is 9.15. The van der Waals surface area contributed by atoms with Gasteiger partial charge in [-0.2, -0.15) is 0 Å². The van der Waals surface area contributed by atoms with Crippen LogP contribution >= 0.6 is 0 Å². The maximum atomic E-state index is 12.4. The number of hydrogen-bond acceptors (Lipinski definition) is 6. The van der Waals surface area contributed by atoms with Gasteiger partial charge in [0, 0.05) is 6.42 Å². The summed E-state index contributed by atoms with van der Waals surface area (Å²) >= 11 is 0. The Morgan fingerprint density at radius 2 is 1.71 bits per heavy atom. The van der Waals surface area contributed by atoms with Gasteiger partial charge in [0.2, 0.25) is 5.91 Å². The van der Waals surface area contributed by atoms with E-state index in [1.165, 1.54) is 7.11 Å². The monoisotopic (exact) mass is 392 g/mol. The fraction of sp³-hybridized carbons (Fsp3) is 0.500. The summed E-state index contributed by atoms with van der Waals surface area (Å²) in [5, 5.41) is 5.04. The first-order chi connectivity index (χ1) is 13.3. The van der Waals surface area contributed by atoms with Gasteiger partial charge in [0.05, 0.1) is 20.1 Å². The predicted octanol–water partition coefficient (Wildman–Crippen LogP) is 1.97. The van der Waals surface area contributed by atoms with E-state index in [2.05, 4.69) is 15.4 Å². The summed E-state index contributed by atoms with van der Waals surface area (Å²) in [5.74, 6) is -1.12. The molecule has 0 aromatic heterocycles. The number of alkyl carbamates (subject to hydrolysis) is 1. The molecule has 0 spiro atoms. The average Bonchev–Trinajstić information content (AvgIpc) is 2.68. The van der Waals surface area contributed by atoms with Crippen molar-refractivity contribution in [3.05, 3.63) is 35.9 Å². The van der Waals surface area contributed by atoms with E-state index in [0.29, 0.717) is 6.42 Å². The fourth-order valence-electron chi connectivity index (χ4n) is 2.35. The Labute approximate surface area is 165 Å². The van der Waals surface area contributed by atoms with Crippen molar-refractivity contribution in [2.75, 3.05) is 13.7 Å². The highest BCUT2D eigenvalue weighted by Gasteiger charge is 2.23. The Kier molecular flexibility index (Phi) is 10.3. The van der Waals surface area contributed by atoms with Crippen LogP contribution in [0.15, 0.2) is 30.3 Å². The largest absolute Gasteiger partial charge is 0.469 e. The second-order valence-corrected chi connectivity index (χ2v) is 6.72. The lowest BCUT2D eigenvalue weighted by Crippen LogP contribution is -2.48. The van der Waals surface area contributed by atoms with Crippen molar-refractivity contribution in [2.45, 2.75) is 45.8 Å². The number of esters is 1. The van der Waals surface area contributed by atoms with Crippen LogP contribution in [0.5, 0.6) is 0 Å². The molecule has 0 radical (unpaired) electrons. The Morgan fingerprint density at radius 1 is 1.04 bits per heavy atom. The average molecular weight is 392 g/mol. The van der Waals surface area contributed by atoms with Crippen molar-refractivity contribution in [1.29, 1.82) is 0 Å². The molecule has 0 saturated carbocycles. The minimum Gasteiger partial charge on any atom is -0.469 e. The van der Waals surface area contributed by atoms with Crippen LogP contribution in [0.3, 0.4) is 0 Å². The molecule has 8 nitrogen and oxygen atoms in total. The number of amides is 2. The van der Waals surface area contributed by atoms with Gasteiger partial charge >= 0.3 is 12.1 Å². The van der Waals surface area contributed by atoms with Crippen LogP contribution in [0.4, 0.5) is 4.79 Å². The zero-order valence-electron chi connectivity index (χ0n) is 16.5. The SMILES string of the molecule is COC(=O)CCC(=O)CNC(=O)C(CC(C)C)NC(=O)OCc1ccccc1. The Balaban J connectivity index is 2.49. The minimum atomic E-state index is -0.823. The highest BCUT2D eigenvalue weighted by molar-refractivity contribution is 5.91. The second-order valence-electron chi connectivity index (χ2n) is 6.72. The van der Waals surface area contributed by atoms with Gasteiger partial charge in [-0.3, -0.25) is 14.4 Å². The molecule has 1 aromatic carbocycles. The third-order valence-electron chi connectivity index (χ3n) is 3.82. The summed E-state index contributed by atoms with van der Waals surface area (Å²) in [7, 11) is 1.24. The molecule has 0 aliphatic rings. The molecular formula is C20H28N2O6. The maximum Gasteiger partial charge on any atom is 0.408 e. The van der Waals surface area contributed by atoms with Crippen molar-refractivity contribution in [3.63, 3.8) is 0 Å². The van der Waals surface area contributed by atoms with Gasteiger partial charge in [-0.1, -0.05) is 44.2 Å². The molecule has 1 rings (SSSR count). The van der Waals surface area contributed by atoms with Crippen LogP contribution in [-0.4, -0.2) is 43.4 Å². The quantitative estimate of drug-likeness (QED) is 0.557. The maximum absolute atomic E-state index is 12.4. The highest BCUT2D eigenvalue weighted by atomic mass is 16.5. The summed E-state index contributed by atoms with van der Waals surface area (Å²) in [5.41, 5.74) is 0.832. The Morgan fingerprint density at radius 3 is 2.32 bits per heavy atom. The second kappa shape index (κ2) is 12.5. The van der Waals surface area contributed by atoms with E-state index in [4.69, 9.17) is 4.74 Å². The van der Waals surface area contributed by atoms with Gasteiger partial charge in [0.25, 0.3) is 0 Å². The zero-order valence-corrected chi connectivity index (χ0v) is 16.5. The van der Waals surface area contributed by atoms with Crippen LogP contribution in [0.1, 0.15) is 38.7 Å². The number of nitrogens with one attached hydrogen (secondary N) is 2. The van der Waals surface area contributed by atoms with Gasteiger partial charge in [-0.05, 0) is 17.9 Å². The molecular weight excluding hydrogens is 364 g/mol. The number of Topliss-reactive ketones (excluding diaryl/α,β-unsaturated/α-hetero) is 1. The highest BCUT2D eigenvalue weighted by Crippen LogP contribution is 2.06. The van der Waals surface area contributed by atoms with Gasteiger partial charge in [-0.15, -0.1) is 0 Å². The van der Waals surface area contributed by atoms with E-state index >= 15 is 0 Å².